The van der Waals surface area contributed by atoms with Crippen LogP contribution < -0.4 is 20.3 Å². The first-order chi connectivity index (χ1) is 15.1. The Kier molecular flexibility index (Phi) is 6.70. The molecule has 4 rings (SSSR count). The van der Waals surface area contributed by atoms with Crippen LogP contribution in [0.3, 0.4) is 0 Å². The number of carbonyl (C=O) groups excluding carboxylic acids is 1. The number of nitrogens with one attached hydrogen (secondary N) is 2. The first kappa shape index (κ1) is 21.5. The number of ether oxygens (including phenoxy) is 2. The number of benzene rings is 3. The summed E-state index contributed by atoms with van der Waals surface area (Å²) in [5.74, 6) is 0.123. The largest absolute Gasteiger partial charge is 0.495 e. The number of halogens is 1. The van der Waals surface area contributed by atoms with Crippen molar-refractivity contribution in [1.82, 2.24) is 5.32 Å². The molecule has 0 bridgehead atoms. The van der Waals surface area contributed by atoms with Crippen LogP contribution in [0.4, 0.5) is 11.4 Å². The Morgan fingerprint density at radius 1 is 1.13 bits per heavy atom. The average molecular weight is 500 g/mol. The molecule has 160 valence electrons. The van der Waals surface area contributed by atoms with Gasteiger partial charge in [-0.25, -0.2) is 0 Å². The van der Waals surface area contributed by atoms with Gasteiger partial charge in [-0.15, -0.1) is 0 Å². The quantitative estimate of drug-likeness (QED) is 0.512. The number of methoxy groups -OCH3 is 1. The van der Waals surface area contributed by atoms with Crippen LogP contribution in [0.25, 0.3) is 10.8 Å². The summed E-state index contributed by atoms with van der Waals surface area (Å²) >= 11 is 9.01. The predicted molar refractivity (Wildman–Crippen MR) is 131 cm³/mol. The van der Waals surface area contributed by atoms with E-state index in [1.807, 2.05) is 48.5 Å². The van der Waals surface area contributed by atoms with E-state index in [9.17, 15) is 4.79 Å². The molecule has 1 saturated heterocycles. The molecule has 1 heterocycles. The third kappa shape index (κ3) is 4.66. The third-order valence-electron chi connectivity index (χ3n) is 5.12. The van der Waals surface area contributed by atoms with Gasteiger partial charge in [0.1, 0.15) is 5.75 Å². The summed E-state index contributed by atoms with van der Waals surface area (Å²) in [6.45, 7) is 2.98. The molecule has 0 saturated carbocycles. The lowest BCUT2D eigenvalue weighted by Crippen LogP contribution is -2.38. The zero-order chi connectivity index (χ0) is 21.8. The van der Waals surface area contributed by atoms with Gasteiger partial charge in [-0.1, -0.05) is 36.4 Å². The van der Waals surface area contributed by atoms with Gasteiger partial charge in [0, 0.05) is 13.1 Å². The minimum absolute atomic E-state index is 0.219. The summed E-state index contributed by atoms with van der Waals surface area (Å²) in [4.78, 5) is 15.3. The molecular weight excluding hydrogens is 478 g/mol. The first-order valence-corrected chi connectivity index (χ1v) is 11.1. The molecule has 0 aromatic heterocycles. The monoisotopic (exact) mass is 499 g/mol. The molecule has 3 aromatic carbocycles. The highest BCUT2D eigenvalue weighted by atomic mass is 79.9. The summed E-state index contributed by atoms with van der Waals surface area (Å²) in [5, 5.41) is 8.06. The standard InChI is InChI=1S/C23H22BrN3O3S/c1-29-21-17(14-15-6-2-3-7-16(15)20(21)24)22(28)26-23(31)25-18-8-4-5-9-19(18)27-10-12-30-13-11-27/h2-9,14H,10-13H2,1H3,(H2,25,26,28,31). The fourth-order valence-electron chi connectivity index (χ4n) is 3.64. The van der Waals surface area contributed by atoms with Crippen molar-refractivity contribution in [3.8, 4) is 5.75 Å². The zero-order valence-corrected chi connectivity index (χ0v) is 19.4. The number of morpholine rings is 1. The van der Waals surface area contributed by atoms with E-state index >= 15 is 0 Å². The van der Waals surface area contributed by atoms with Crippen molar-refractivity contribution in [2.24, 2.45) is 0 Å². The number of amides is 1. The molecule has 1 aliphatic rings. The van der Waals surface area contributed by atoms with E-state index in [1.54, 1.807) is 13.2 Å². The molecule has 6 nitrogen and oxygen atoms in total. The van der Waals surface area contributed by atoms with E-state index in [0.717, 1.165) is 39.7 Å². The number of carbonyl (C=O) groups is 1. The van der Waals surface area contributed by atoms with Gasteiger partial charge in [-0.2, -0.15) is 0 Å². The molecule has 0 unspecified atom stereocenters. The van der Waals surface area contributed by atoms with Crippen LogP contribution >= 0.6 is 28.1 Å². The normalized spacial score (nSPS) is 13.7. The van der Waals surface area contributed by atoms with E-state index in [2.05, 4.69) is 31.5 Å². The fraction of sp³-hybridized carbons (Fsp3) is 0.217. The molecule has 1 fully saturated rings. The molecule has 0 spiro atoms. The lowest BCUT2D eigenvalue weighted by Gasteiger charge is -2.30. The molecule has 3 aromatic rings. The van der Waals surface area contributed by atoms with Gasteiger partial charge in [0.25, 0.3) is 5.91 Å². The molecule has 0 radical (unpaired) electrons. The van der Waals surface area contributed by atoms with E-state index in [0.29, 0.717) is 24.5 Å². The van der Waals surface area contributed by atoms with Crippen LogP contribution in [0.15, 0.2) is 59.1 Å². The summed E-state index contributed by atoms with van der Waals surface area (Å²) in [6.07, 6.45) is 0. The SMILES string of the molecule is COc1c(C(=O)NC(=S)Nc2ccccc2N2CCOCC2)cc2ccccc2c1Br. The van der Waals surface area contributed by atoms with Crippen LogP contribution in [0, 0.1) is 0 Å². The van der Waals surface area contributed by atoms with Crippen molar-refractivity contribution in [3.05, 3.63) is 64.6 Å². The molecule has 2 N–H and O–H groups in total. The molecule has 1 amide bonds. The molecule has 0 atom stereocenters. The predicted octanol–water partition coefficient (Wildman–Crippen LogP) is 4.57. The Bertz CT molecular complexity index is 1130. The van der Waals surface area contributed by atoms with Crippen molar-refractivity contribution >= 4 is 61.3 Å². The second-order valence-electron chi connectivity index (χ2n) is 7.02. The van der Waals surface area contributed by atoms with Crippen molar-refractivity contribution < 1.29 is 14.3 Å². The van der Waals surface area contributed by atoms with Crippen LogP contribution in [-0.4, -0.2) is 44.4 Å². The smallest absolute Gasteiger partial charge is 0.261 e. The maximum Gasteiger partial charge on any atom is 0.261 e. The Morgan fingerprint density at radius 3 is 2.61 bits per heavy atom. The topological polar surface area (TPSA) is 62.8 Å². The van der Waals surface area contributed by atoms with Crippen LogP contribution in [0.5, 0.6) is 5.75 Å². The number of hydrogen-bond acceptors (Lipinski definition) is 5. The number of para-hydroxylation sites is 2. The Balaban J connectivity index is 1.54. The average Bonchev–Trinajstić information content (AvgIpc) is 2.80. The Hall–Kier alpha value is -2.68. The van der Waals surface area contributed by atoms with Crippen molar-refractivity contribution in [3.63, 3.8) is 0 Å². The lowest BCUT2D eigenvalue weighted by atomic mass is 10.1. The second-order valence-corrected chi connectivity index (χ2v) is 8.22. The van der Waals surface area contributed by atoms with Gasteiger partial charge in [0.15, 0.2) is 5.11 Å². The molecule has 1 aliphatic heterocycles. The molecule has 31 heavy (non-hydrogen) atoms. The number of fused-ring (bicyclic) bond motifs is 1. The first-order valence-electron chi connectivity index (χ1n) is 9.88. The van der Waals surface area contributed by atoms with Gasteiger partial charge < -0.3 is 19.7 Å². The molecule has 8 heteroatoms. The number of thiocarbonyl (C=S) groups is 1. The van der Waals surface area contributed by atoms with Gasteiger partial charge in [-0.3, -0.25) is 10.1 Å². The van der Waals surface area contributed by atoms with Gasteiger partial charge in [0.2, 0.25) is 0 Å². The van der Waals surface area contributed by atoms with Gasteiger partial charge in [-0.05, 0) is 57.1 Å². The van der Waals surface area contributed by atoms with E-state index in [4.69, 9.17) is 21.7 Å². The summed E-state index contributed by atoms with van der Waals surface area (Å²) in [5.41, 5.74) is 2.26. The van der Waals surface area contributed by atoms with Gasteiger partial charge in [0.05, 0.1) is 41.7 Å². The van der Waals surface area contributed by atoms with E-state index in [1.165, 1.54) is 0 Å². The minimum Gasteiger partial charge on any atom is -0.495 e. The summed E-state index contributed by atoms with van der Waals surface area (Å²) in [6, 6.07) is 17.5. The molecule has 0 aliphatic carbocycles. The summed E-state index contributed by atoms with van der Waals surface area (Å²) in [7, 11) is 1.54. The Labute approximate surface area is 194 Å². The number of nitrogens with zero attached hydrogens (tertiary/aromatic N) is 1. The van der Waals surface area contributed by atoms with Crippen molar-refractivity contribution in [2.75, 3.05) is 43.6 Å². The number of anilines is 2. The Morgan fingerprint density at radius 2 is 1.84 bits per heavy atom. The number of hydrogen-bond donors (Lipinski definition) is 2. The minimum atomic E-state index is -0.343. The highest BCUT2D eigenvalue weighted by Gasteiger charge is 2.20. The van der Waals surface area contributed by atoms with Crippen LogP contribution in [0.2, 0.25) is 0 Å². The highest BCUT2D eigenvalue weighted by Crippen LogP contribution is 2.36. The molecular formula is C23H22BrN3O3S. The number of rotatable bonds is 4. The van der Waals surface area contributed by atoms with Crippen LogP contribution in [0.1, 0.15) is 10.4 Å². The lowest BCUT2D eigenvalue weighted by molar-refractivity contribution is 0.0975. The van der Waals surface area contributed by atoms with E-state index < -0.39 is 0 Å². The maximum absolute atomic E-state index is 13.0. The zero-order valence-electron chi connectivity index (χ0n) is 17.0. The van der Waals surface area contributed by atoms with Crippen molar-refractivity contribution in [2.45, 2.75) is 0 Å². The van der Waals surface area contributed by atoms with Crippen LogP contribution in [-0.2, 0) is 4.74 Å². The summed E-state index contributed by atoms with van der Waals surface area (Å²) < 4.78 is 11.7. The van der Waals surface area contributed by atoms with E-state index in [-0.39, 0.29) is 11.0 Å². The maximum atomic E-state index is 13.0. The van der Waals surface area contributed by atoms with Crippen molar-refractivity contribution in [1.29, 1.82) is 0 Å². The third-order valence-corrected chi connectivity index (χ3v) is 6.11. The van der Waals surface area contributed by atoms with Gasteiger partial charge >= 0.3 is 0 Å². The highest BCUT2D eigenvalue weighted by molar-refractivity contribution is 9.10. The fourth-order valence-corrected chi connectivity index (χ4v) is 4.58. The second kappa shape index (κ2) is 9.64.